The zero-order valence-corrected chi connectivity index (χ0v) is 29.1. The molecule has 13 heteroatoms. The Labute approximate surface area is 292 Å². The van der Waals surface area contributed by atoms with E-state index in [0.717, 1.165) is 29.8 Å². The van der Waals surface area contributed by atoms with Crippen LogP contribution in [0.2, 0.25) is 5.02 Å². The van der Waals surface area contributed by atoms with Gasteiger partial charge in [0.1, 0.15) is 0 Å². The molecule has 4 fully saturated rings. The predicted octanol–water partition coefficient (Wildman–Crippen LogP) is 3.94. The molecule has 2 aromatic carbocycles. The van der Waals surface area contributed by atoms with E-state index < -0.39 is 12.2 Å². The fourth-order valence-corrected chi connectivity index (χ4v) is 8.62. The summed E-state index contributed by atoms with van der Waals surface area (Å²) < 4.78 is 7.54. The van der Waals surface area contributed by atoms with Crippen LogP contribution in [0.1, 0.15) is 55.7 Å². The van der Waals surface area contributed by atoms with Gasteiger partial charge in [-0.2, -0.15) is 0 Å². The van der Waals surface area contributed by atoms with Crippen LogP contribution in [0.25, 0.3) is 11.4 Å². The lowest BCUT2D eigenvalue weighted by atomic mass is 9.96. The summed E-state index contributed by atoms with van der Waals surface area (Å²) in [6, 6.07) is 14.9. The summed E-state index contributed by atoms with van der Waals surface area (Å²) in [5.41, 5.74) is 8.76. The van der Waals surface area contributed by atoms with E-state index in [1.54, 1.807) is 11.0 Å². The van der Waals surface area contributed by atoms with Gasteiger partial charge in [-0.05, 0) is 69.7 Å². The Morgan fingerprint density at radius 3 is 2.27 bits per heavy atom. The van der Waals surface area contributed by atoms with Crippen molar-refractivity contribution < 1.29 is 14.3 Å². The van der Waals surface area contributed by atoms with Gasteiger partial charge in [-0.3, -0.25) is 14.7 Å². The van der Waals surface area contributed by atoms with Crippen molar-refractivity contribution in [3.05, 3.63) is 69.1 Å². The Kier molecular flexibility index (Phi) is 9.72. The van der Waals surface area contributed by atoms with Crippen molar-refractivity contribution in [2.45, 2.75) is 82.1 Å². The number of hydrogen-bond acceptors (Lipinski definition) is 8. The number of aryl methyl sites for hydroxylation is 1. The van der Waals surface area contributed by atoms with E-state index in [0.29, 0.717) is 73.7 Å². The molecule has 7 rings (SSSR count). The summed E-state index contributed by atoms with van der Waals surface area (Å²) >= 11 is 6.42. The van der Waals surface area contributed by atoms with Crippen molar-refractivity contribution in [2.24, 2.45) is 0 Å². The molecular weight excluding hydrogens is 644 g/mol. The third-order valence-corrected chi connectivity index (χ3v) is 11.6. The van der Waals surface area contributed by atoms with Crippen LogP contribution in [-0.4, -0.2) is 117 Å². The number of halogens is 1. The van der Waals surface area contributed by atoms with Gasteiger partial charge in [0.25, 0.3) is 5.91 Å². The van der Waals surface area contributed by atoms with Crippen molar-refractivity contribution in [3.63, 3.8) is 0 Å². The lowest BCUT2D eigenvalue weighted by Gasteiger charge is -2.45. The van der Waals surface area contributed by atoms with E-state index in [4.69, 9.17) is 22.1 Å². The maximum absolute atomic E-state index is 14.1. The second-order valence-corrected chi connectivity index (χ2v) is 14.6. The van der Waals surface area contributed by atoms with Gasteiger partial charge in [-0.25, -0.2) is 14.3 Å². The molecule has 2 bridgehead atoms. The minimum atomic E-state index is -1.00. The van der Waals surface area contributed by atoms with Gasteiger partial charge in [0.2, 0.25) is 0 Å². The number of piperazine rings is 1. The number of fused-ring (bicyclic) bond motifs is 2. The SMILES string of the molecule is Cc1cc(C[C@@H](OC(=O)N2CCC(n3nc(-c4ccccc4)[nH]c3=O)CC2)C(=O)N2CCN(C3CC4CCC(C3)N4C)CC2)cc(Cl)c1N. The van der Waals surface area contributed by atoms with Crippen molar-refractivity contribution in [3.8, 4) is 11.4 Å². The summed E-state index contributed by atoms with van der Waals surface area (Å²) in [5.74, 6) is 0.333. The molecule has 2 unspecified atom stereocenters. The van der Waals surface area contributed by atoms with Gasteiger partial charge < -0.3 is 25.2 Å². The number of rotatable bonds is 7. The Morgan fingerprint density at radius 2 is 1.61 bits per heavy atom. The quantitative estimate of drug-likeness (QED) is 0.357. The minimum absolute atomic E-state index is 0.154. The summed E-state index contributed by atoms with van der Waals surface area (Å²) in [6.45, 7) is 5.48. The summed E-state index contributed by atoms with van der Waals surface area (Å²) in [5, 5.41) is 4.97. The van der Waals surface area contributed by atoms with E-state index in [-0.39, 0.29) is 24.1 Å². The Bertz CT molecular complexity index is 1680. The molecule has 49 heavy (non-hydrogen) atoms. The molecule has 4 saturated heterocycles. The molecule has 5 heterocycles. The van der Waals surface area contributed by atoms with Crippen LogP contribution >= 0.6 is 11.6 Å². The van der Waals surface area contributed by atoms with E-state index >= 15 is 0 Å². The second kappa shape index (κ2) is 14.2. The van der Waals surface area contributed by atoms with Crippen LogP contribution < -0.4 is 11.4 Å². The van der Waals surface area contributed by atoms with Gasteiger partial charge >= 0.3 is 11.8 Å². The van der Waals surface area contributed by atoms with Gasteiger partial charge in [-0.15, -0.1) is 5.10 Å². The Balaban J connectivity index is 0.998. The number of carbonyl (C=O) groups excluding carboxylic acids is 2. The number of anilines is 1. The van der Waals surface area contributed by atoms with E-state index in [1.807, 2.05) is 48.2 Å². The summed E-state index contributed by atoms with van der Waals surface area (Å²) in [6.07, 6.45) is 4.70. The first-order valence-electron chi connectivity index (χ1n) is 17.6. The number of H-pyrrole nitrogens is 1. The molecule has 1 aromatic heterocycles. The molecule has 0 aliphatic carbocycles. The third-order valence-electron chi connectivity index (χ3n) is 11.3. The van der Waals surface area contributed by atoms with E-state index in [2.05, 4.69) is 26.9 Å². The number of aromatic amines is 1. The number of nitrogen functional groups attached to an aromatic ring is 1. The zero-order chi connectivity index (χ0) is 34.2. The number of piperidine rings is 2. The molecule has 3 aromatic rings. The number of benzene rings is 2. The number of amides is 2. The minimum Gasteiger partial charge on any atom is -0.436 e. The molecule has 0 spiro atoms. The fraction of sp³-hybridized carbons (Fsp3) is 0.556. The topological polar surface area (TPSA) is 133 Å². The smallest absolute Gasteiger partial charge is 0.410 e. The standard InChI is InChI=1S/C36H47ClN8O4/c1-23-18-24(19-30(37)32(23)38)20-31(34(46)43-16-14-42(15-17-43)29-21-27-8-9-28(22-29)41(27)2)49-36(48)44-12-10-26(11-13-44)45-35(47)39-33(40-45)25-6-4-3-5-7-25/h3-7,18-19,26-29,31H,8-17,20-22,38H2,1-2H3,(H,39,40,47)/t27?,28?,29?,31-/m1/s1. The van der Waals surface area contributed by atoms with Gasteiger partial charge in [0.15, 0.2) is 11.9 Å². The molecular formula is C36H47ClN8O4. The van der Waals surface area contributed by atoms with Crippen LogP contribution in [-0.2, 0) is 16.0 Å². The number of likely N-dealkylation sites (tertiary alicyclic amines) is 1. The first-order chi connectivity index (χ1) is 23.6. The van der Waals surface area contributed by atoms with Crippen molar-refractivity contribution in [2.75, 3.05) is 52.0 Å². The third kappa shape index (κ3) is 7.09. The normalized spacial score (nSPS) is 24.3. The maximum Gasteiger partial charge on any atom is 0.410 e. The Morgan fingerprint density at radius 1 is 0.939 bits per heavy atom. The molecule has 4 aliphatic rings. The van der Waals surface area contributed by atoms with Gasteiger partial charge in [0, 0.05) is 69.4 Å². The maximum atomic E-state index is 14.1. The van der Waals surface area contributed by atoms with Crippen LogP contribution in [0, 0.1) is 6.92 Å². The van der Waals surface area contributed by atoms with Gasteiger partial charge in [-0.1, -0.05) is 48.0 Å². The van der Waals surface area contributed by atoms with Crippen LogP contribution in [0.3, 0.4) is 0 Å². The second-order valence-electron chi connectivity index (χ2n) is 14.2. The molecule has 262 valence electrons. The number of nitrogens with two attached hydrogens (primary N) is 1. The molecule has 0 saturated carbocycles. The monoisotopic (exact) mass is 690 g/mol. The average molecular weight is 691 g/mol. The predicted molar refractivity (Wildman–Crippen MR) is 188 cm³/mol. The zero-order valence-electron chi connectivity index (χ0n) is 28.4. The molecule has 3 atom stereocenters. The van der Waals surface area contributed by atoms with Crippen molar-refractivity contribution in [1.82, 2.24) is 34.4 Å². The number of nitrogens with zero attached hydrogens (tertiary/aromatic N) is 6. The van der Waals surface area contributed by atoms with Crippen molar-refractivity contribution >= 4 is 29.3 Å². The van der Waals surface area contributed by atoms with Crippen LogP contribution in [0.15, 0.2) is 47.3 Å². The molecule has 3 N–H and O–H groups in total. The highest BCUT2D eigenvalue weighted by molar-refractivity contribution is 6.33. The summed E-state index contributed by atoms with van der Waals surface area (Å²) in [4.78, 5) is 51.9. The number of aromatic nitrogens is 3. The summed E-state index contributed by atoms with van der Waals surface area (Å²) in [7, 11) is 2.26. The number of ether oxygens (including phenoxy) is 1. The average Bonchev–Trinajstić information content (AvgIpc) is 3.58. The van der Waals surface area contributed by atoms with Crippen LogP contribution in [0.4, 0.5) is 10.5 Å². The highest BCUT2D eigenvalue weighted by atomic mass is 35.5. The fourth-order valence-electron chi connectivity index (χ4n) is 8.33. The van der Waals surface area contributed by atoms with E-state index in [9.17, 15) is 14.4 Å². The molecule has 0 radical (unpaired) electrons. The van der Waals surface area contributed by atoms with Crippen LogP contribution in [0.5, 0.6) is 0 Å². The number of carbonyl (C=O) groups is 2. The number of hydrogen-bond donors (Lipinski definition) is 2. The number of nitrogens with one attached hydrogen (secondary N) is 1. The van der Waals surface area contributed by atoms with Gasteiger partial charge in [0.05, 0.1) is 16.8 Å². The Hall–Kier alpha value is -3.87. The first-order valence-corrected chi connectivity index (χ1v) is 18.0. The lowest BCUT2D eigenvalue weighted by molar-refractivity contribution is -0.143. The highest BCUT2D eigenvalue weighted by Crippen LogP contribution is 2.36. The largest absolute Gasteiger partial charge is 0.436 e. The molecule has 12 nitrogen and oxygen atoms in total. The lowest BCUT2D eigenvalue weighted by Crippen LogP contribution is -2.57. The van der Waals surface area contributed by atoms with Crippen molar-refractivity contribution in [1.29, 1.82) is 0 Å². The molecule has 2 amide bonds. The van der Waals surface area contributed by atoms with E-state index in [1.165, 1.54) is 30.4 Å². The molecule has 4 aliphatic heterocycles. The first kappa shape index (κ1) is 33.6. The highest BCUT2D eigenvalue weighted by Gasteiger charge is 2.42.